The van der Waals surface area contributed by atoms with Crippen LogP contribution in [0.5, 0.6) is 0 Å². The summed E-state index contributed by atoms with van der Waals surface area (Å²) in [6, 6.07) is 0. The lowest BCUT2D eigenvalue weighted by Gasteiger charge is -2.11. The van der Waals surface area contributed by atoms with Crippen molar-refractivity contribution in [3.8, 4) is 0 Å². The Morgan fingerprint density at radius 2 is 1.94 bits per heavy atom. The maximum atomic E-state index is 11.1. The molecule has 1 aromatic rings. The second-order valence-corrected chi connectivity index (χ2v) is 4.44. The lowest BCUT2D eigenvalue weighted by Crippen LogP contribution is -2.10. The molecule has 1 aromatic heterocycles. The van der Waals surface area contributed by atoms with Crippen LogP contribution in [0.4, 0.5) is 0 Å². The number of aryl methyl sites for hydroxylation is 1. The van der Waals surface area contributed by atoms with Gasteiger partial charge in [0.2, 0.25) is 0 Å². The van der Waals surface area contributed by atoms with Crippen LogP contribution in [-0.4, -0.2) is 26.1 Å². The average Bonchev–Trinajstić information content (AvgIpc) is 2.50. The van der Waals surface area contributed by atoms with Crippen LogP contribution < -0.4 is 0 Å². The standard InChI is InChI=1S/C11H17N3O2/c1-14-10(11(15)16)9(12-13-14)8-6-4-2-3-5-7-8/h8H,2-7H2,1H3,(H,15,16). The maximum Gasteiger partial charge on any atom is 0.356 e. The monoisotopic (exact) mass is 223 g/mol. The molecule has 16 heavy (non-hydrogen) atoms. The lowest BCUT2D eigenvalue weighted by molar-refractivity contribution is 0.0683. The molecule has 1 saturated carbocycles. The Balaban J connectivity index is 2.27. The van der Waals surface area contributed by atoms with Gasteiger partial charge in [0.15, 0.2) is 5.69 Å². The second kappa shape index (κ2) is 4.63. The number of carboxylic acids is 1. The molecule has 1 aliphatic rings. The van der Waals surface area contributed by atoms with Crippen LogP contribution in [0.25, 0.3) is 0 Å². The molecule has 1 heterocycles. The highest BCUT2D eigenvalue weighted by Gasteiger charge is 2.25. The van der Waals surface area contributed by atoms with Crippen molar-refractivity contribution in [2.24, 2.45) is 7.05 Å². The number of carbonyl (C=O) groups is 1. The van der Waals surface area contributed by atoms with Gasteiger partial charge in [-0.1, -0.05) is 30.9 Å². The first kappa shape index (κ1) is 11.1. The van der Waals surface area contributed by atoms with Crippen LogP contribution >= 0.6 is 0 Å². The smallest absolute Gasteiger partial charge is 0.356 e. The topological polar surface area (TPSA) is 68.0 Å². The van der Waals surface area contributed by atoms with Gasteiger partial charge in [0.25, 0.3) is 0 Å². The Morgan fingerprint density at radius 1 is 1.31 bits per heavy atom. The summed E-state index contributed by atoms with van der Waals surface area (Å²) in [7, 11) is 1.64. The second-order valence-electron chi connectivity index (χ2n) is 4.44. The zero-order valence-corrected chi connectivity index (χ0v) is 9.52. The van der Waals surface area contributed by atoms with Crippen LogP contribution in [0.3, 0.4) is 0 Å². The highest BCUT2D eigenvalue weighted by atomic mass is 16.4. The van der Waals surface area contributed by atoms with Crippen molar-refractivity contribution >= 4 is 5.97 Å². The first-order chi connectivity index (χ1) is 7.70. The first-order valence-electron chi connectivity index (χ1n) is 5.83. The molecule has 0 unspecified atom stereocenters. The molecule has 2 rings (SSSR count). The SMILES string of the molecule is Cn1nnc(C2CCCCCC2)c1C(=O)O. The van der Waals surface area contributed by atoms with Crippen LogP contribution in [0, 0.1) is 0 Å². The Hall–Kier alpha value is -1.39. The van der Waals surface area contributed by atoms with E-state index in [2.05, 4.69) is 10.3 Å². The third-order valence-electron chi connectivity index (χ3n) is 3.30. The van der Waals surface area contributed by atoms with Crippen molar-refractivity contribution in [3.63, 3.8) is 0 Å². The summed E-state index contributed by atoms with van der Waals surface area (Å²) in [6.45, 7) is 0. The van der Waals surface area contributed by atoms with Crippen molar-refractivity contribution in [3.05, 3.63) is 11.4 Å². The van der Waals surface area contributed by atoms with Crippen molar-refractivity contribution < 1.29 is 9.90 Å². The summed E-state index contributed by atoms with van der Waals surface area (Å²) in [5.41, 5.74) is 0.934. The Bertz CT molecular complexity index is 379. The van der Waals surface area contributed by atoms with Gasteiger partial charge in [-0.2, -0.15) is 0 Å². The van der Waals surface area contributed by atoms with E-state index < -0.39 is 5.97 Å². The predicted octanol–water partition coefficient (Wildman–Crippen LogP) is 1.95. The van der Waals surface area contributed by atoms with E-state index in [9.17, 15) is 4.79 Å². The number of aromatic nitrogens is 3. The third-order valence-corrected chi connectivity index (χ3v) is 3.30. The molecule has 0 atom stereocenters. The molecule has 1 aliphatic carbocycles. The Kier molecular flexibility index (Phi) is 3.22. The van der Waals surface area contributed by atoms with Gasteiger partial charge in [0.1, 0.15) is 5.69 Å². The normalized spacial score (nSPS) is 18.3. The van der Waals surface area contributed by atoms with E-state index in [-0.39, 0.29) is 11.6 Å². The molecule has 88 valence electrons. The fraction of sp³-hybridized carbons (Fsp3) is 0.727. The van der Waals surface area contributed by atoms with Gasteiger partial charge in [0.05, 0.1) is 0 Å². The molecule has 5 nitrogen and oxygen atoms in total. The van der Waals surface area contributed by atoms with Gasteiger partial charge in [-0.05, 0) is 12.8 Å². The minimum atomic E-state index is -0.924. The number of nitrogens with zero attached hydrogens (tertiary/aromatic N) is 3. The Morgan fingerprint density at radius 3 is 2.50 bits per heavy atom. The number of rotatable bonds is 2. The summed E-state index contributed by atoms with van der Waals surface area (Å²) in [5.74, 6) is -0.644. The molecule has 0 radical (unpaired) electrons. The molecule has 1 fully saturated rings. The number of hydrogen-bond acceptors (Lipinski definition) is 3. The van der Waals surface area contributed by atoms with E-state index in [1.165, 1.54) is 30.4 Å². The highest BCUT2D eigenvalue weighted by Crippen LogP contribution is 2.31. The summed E-state index contributed by atoms with van der Waals surface area (Å²) in [6.07, 6.45) is 6.91. The molecule has 0 aromatic carbocycles. The van der Waals surface area contributed by atoms with Gasteiger partial charge in [-0.15, -0.1) is 5.10 Å². The minimum Gasteiger partial charge on any atom is -0.476 e. The summed E-state index contributed by atoms with van der Waals surface area (Å²) < 4.78 is 1.36. The first-order valence-corrected chi connectivity index (χ1v) is 5.83. The van der Waals surface area contributed by atoms with Crippen LogP contribution in [-0.2, 0) is 7.05 Å². The number of hydrogen-bond donors (Lipinski definition) is 1. The van der Waals surface area contributed by atoms with Crippen LogP contribution in [0.15, 0.2) is 0 Å². The molecular weight excluding hydrogens is 206 g/mol. The van der Waals surface area contributed by atoms with Gasteiger partial charge in [0, 0.05) is 13.0 Å². The predicted molar refractivity (Wildman–Crippen MR) is 58.4 cm³/mol. The molecule has 0 amide bonds. The summed E-state index contributed by atoms with van der Waals surface area (Å²) in [4.78, 5) is 11.1. The number of aromatic carboxylic acids is 1. The average molecular weight is 223 g/mol. The zero-order valence-electron chi connectivity index (χ0n) is 9.52. The van der Waals surface area contributed by atoms with Crippen molar-refractivity contribution in [1.29, 1.82) is 0 Å². The summed E-state index contributed by atoms with van der Waals surface area (Å²) in [5, 5.41) is 17.0. The van der Waals surface area contributed by atoms with Gasteiger partial charge in [-0.25, -0.2) is 9.48 Å². The minimum absolute atomic E-state index is 0.256. The van der Waals surface area contributed by atoms with E-state index in [1.807, 2.05) is 0 Å². The fourth-order valence-electron chi connectivity index (χ4n) is 2.45. The van der Waals surface area contributed by atoms with E-state index in [0.29, 0.717) is 5.69 Å². The quantitative estimate of drug-likeness (QED) is 0.778. The summed E-state index contributed by atoms with van der Waals surface area (Å²) >= 11 is 0. The molecule has 0 spiro atoms. The van der Waals surface area contributed by atoms with Crippen LogP contribution in [0.1, 0.15) is 60.6 Å². The molecule has 0 bridgehead atoms. The lowest BCUT2D eigenvalue weighted by atomic mass is 9.95. The highest BCUT2D eigenvalue weighted by molar-refractivity contribution is 5.86. The van der Waals surface area contributed by atoms with E-state index in [4.69, 9.17) is 5.11 Å². The molecule has 0 aliphatic heterocycles. The fourth-order valence-corrected chi connectivity index (χ4v) is 2.45. The van der Waals surface area contributed by atoms with E-state index in [0.717, 1.165) is 12.8 Å². The molecule has 5 heteroatoms. The Labute approximate surface area is 94.5 Å². The van der Waals surface area contributed by atoms with Crippen molar-refractivity contribution in [2.75, 3.05) is 0 Å². The number of carboxylic acid groups (broad SMARTS) is 1. The molecule has 1 N–H and O–H groups in total. The zero-order chi connectivity index (χ0) is 11.5. The van der Waals surface area contributed by atoms with Crippen molar-refractivity contribution in [1.82, 2.24) is 15.0 Å². The maximum absolute atomic E-state index is 11.1. The van der Waals surface area contributed by atoms with Crippen LogP contribution in [0.2, 0.25) is 0 Å². The van der Waals surface area contributed by atoms with E-state index in [1.54, 1.807) is 7.05 Å². The largest absolute Gasteiger partial charge is 0.476 e. The molecular formula is C11H17N3O2. The van der Waals surface area contributed by atoms with Gasteiger partial charge in [-0.3, -0.25) is 0 Å². The van der Waals surface area contributed by atoms with Gasteiger partial charge >= 0.3 is 5.97 Å². The third kappa shape index (κ3) is 2.08. The van der Waals surface area contributed by atoms with Gasteiger partial charge < -0.3 is 5.11 Å². The van der Waals surface area contributed by atoms with Crippen molar-refractivity contribution in [2.45, 2.75) is 44.4 Å². The van der Waals surface area contributed by atoms with E-state index >= 15 is 0 Å². The molecule has 0 saturated heterocycles.